The van der Waals surface area contributed by atoms with Crippen LogP contribution in [0.25, 0.3) is 22.3 Å². The van der Waals surface area contributed by atoms with E-state index in [1.807, 2.05) is 54.6 Å². The van der Waals surface area contributed by atoms with Crippen molar-refractivity contribution in [3.05, 3.63) is 120 Å². The van der Waals surface area contributed by atoms with Crippen LogP contribution in [0.15, 0.2) is 114 Å². The zero-order valence-corrected chi connectivity index (χ0v) is 16.4. The van der Waals surface area contributed by atoms with Gasteiger partial charge in [-0.25, -0.2) is 0 Å². The number of halogens is 1. The molecule has 0 nitrogen and oxygen atoms in total. The van der Waals surface area contributed by atoms with E-state index in [9.17, 15) is 0 Å². The summed E-state index contributed by atoms with van der Waals surface area (Å²) in [4.78, 5) is 0. The summed E-state index contributed by atoms with van der Waals surface area (Å²) in [6, 6.07) is 40.1. The summed E-state index contributed by atoms with van der Waals surface area (Å²) in [5.74, 6) is 0. The molecule has 0 atom stereocenters. The first-order valence-corrected chi connectivity index (χ1v) is 8.96. The van der Waals surface area contributed by atoms with Crippen LogP contribution >= 0.6 is 15.9 Å². The predicted octanol–water partition coefficient (Wildman–Crippen LogP) is 4.27. The summed E-state index contributed by atoms with van der Waals surface area (Å²) in [7, 11) is 0. The van der Waals surface area contributed by atoms with Crippen molar-refractivity contribution in [2.75, 3.05) is 0 Å². The fourth-order valence-corrected chi connectivity index (χ4v) is 3.02. The van der Waals surface area contributed by atoms with Crippen LogP contribution in [0.1, 0.15) is 0 Å². The monoisotopic (exact) mass is 392 g/mol. The van der Waals surface area contributed by atoms with Crippen molar-refractivity contribution in [3.63, 3.8) is 0 Å². The van der Waals surface area contributed by atoms with Gasteiger partial charge in [-0.1, -0.05) is 100 Å². The van der Waals surface area contributed by atoms with Crippen molar-refractivity contribution in [1.29, 1.82) is 0 Å². The summed E-state index contributed by atoms with van der Waals surface area (Å²) < 4.78 is 1.14. The molecule has 0 saturated carbocycles. The Bertz CT molecular complexity index is 853. The minimum Gasteiger partial charge on any atom is -0.147 e. The molecule has 122 valence electrons. The van der Waals surface area contributed by atoms with Crippen LogP contribution in [-0.4, -0.2) is 0 Å². The van der Waals surface area contributed by atoms with Gasteiger partial charge in [0, 0.05) is 4.47 Å². The number of rotatable bonds is 2. The van der Waals surface area contributed by atoms with Crippen LogP contribution in [0.2, 0.25) is 0 Å². The molecule has 0 heterocycles. The van der Waals surface area contributed by atoms with Gasteiger partial charge in [0.05, 0.1) is 0 Å². The Morgan fingerprint density at radius 3 is 1.65 bits per heavy atom. The topological polar surface area (TPSA) is 0 Å². The van der Waals surface area contributed by atoms with Gasteiger partial charge in [-0.15, -0.1) is 35.9 Å². The summed E-state index contributed by atoms with van der Waals surface area (Å²) in [6.07, 6.45) is 0. The summed E-state index contributed by atoms with van der Waals surface area (Å²) in [5, 5.41) is 0. The van der Waals surface area contributed by atoms with Crippen molar-refractivity contribution in [2.45, 2.75) is 0 Å². The van der Waals surface area contributed by atoms with Gasteiger partial charge in [0.25, 0.3) is 0 Å². The van der Waals surface area contributed by atoms with Crippen molar-refractivity contribution < 1.29 is 18.9 Å². The standard InChI is InChI=1S/C12H9Br.C12H9.Li/c13-12-9-5-4-8-11(12)10-6-2-1-3-7-10;1-3-7-11(8-4-1)12-9-5-2-6-10-12;/h1-9H;1-9H;/q;-1;+1. The van der Waals surface area contributed by atoms with Gasteiger partial charge >= 0.3 is 18.9 Å². The van der Waals surface area contributed by atoms with E-state index in [1.165, 1.54) is 16.7 Å². The fourth-order valence-electron chi connectivity index (χ4n) is 2.50. The normalized spacial score (nSPS) is 9.42. The second-order valence-corrected chi connectivity index (χ2v) is 6.34. The molecule has 0 unspecified atom stereocenters. The molecular weight excluding hydrogens is 375 g/mol. The van der Waals surface area contributed by atoms with Crippen LogP contribution in [0.5, 0.6) is 0 Å². The molecule has 2 heteroatoms. The van der Waals surface area contributed by atoms with Crippen molar-refractivity contribution >= 4 is 15.9 Å². The molecular formula is C24H18BrLi. The zero-order valence-electron chi connectivity index (χ0n) is 14.8. The Morgan fingerprint density at radius 1 is 0.538 bits per heavy atom. The van der Waals surface area contributed by atoms with Crippen molar-refractivity contribution in [2.24, 2.45) is 0 Å². The van der Waals surface area contributed by atoms with E-state index >= 15 is 0 Å². The maximum Gasteiger partial charge on any atom is 1.00 e. The molecule has 0 saturated heterocycles. The van der Waals surface area contributed by atoms with Gasteiger partial charge in [-0.2, -0.15) is 0 Å². The first-order chi connectivity index (χ1) is 12.3. The minimum absolute atomic E-state index is 0. The largest absolute Gasteiger partial charge is 1.00 e. The predicted molar refractivity (Wildman–Crippen MR) is 110 cm³/mol. The van der Waals surface area contributed by atoms with Gasteiger partial charge in [-0.3, -0.25) is 0 Å². The Morgan fingerprint density at radius 2 is 1.08 bits per heavy atom. The Hall–Kier alpha value is -2.04. The second-order valence-electron chi connectivity index (χ2n) is 5.49. The average molecular weight is 393 g/mol. The van der Waals surface area contributed by atoms with Crippen LogP contribution < -0.4 is 18.9 Å². The van der Waals surface area contributed by atoms with Crippen molar-refractivity contribution in [1.82, 2.24) is 0 Å². The number of hydrogen-bond donors (Lipinski definition) is 0. The van der Waals surface area contributed by atoms with Gasteiger partial charge in [-0.05, 0) is 17.2 Å². The molecule has 0 radical (unpaired) electrons. The second kappa shape index (κ2) is 10.8. The fraction of sp³-hybridized carbons (Fsp3) is 0. The van der Waals surface area contributed by atoms with E-state index in [0.29, 0.717) is 0 Å². The van der Waals surface area contributed by atoms with E-state index in [1.54, 1.807) is 0 Å². The molecule has 4 rings (SSSR count). The zero-order chi connectivity index (χ0) is 17.3. The molecule has 0 spiro atoms. The van der Waals surface area contributed by atoms with Crippen molar-refractivity contribution in [3.8, 4) is 22.3 Å². The molecule has 26 heavy (non-hydrogen) atoms. The maximum atomic E-state index is 3.53. The quantitative estimate of drug-likeness (QED) is 0.353. The van der Waals surface area contributed by atoms with Gasteiger partial charge < -0.3 is 0 Å². The Kier molecular flexibility index (Phi) is 8.45. The SMILES string of the molecule is Brc1ccccc1-c1ccccc1.[Li+].[c-]1ccccc1-c1ccccc1. The summed E-state index contributed by atoms with van der Waals surface area (Å²) >= 11 is 3.53. The molecule has 0 aliphatic heterocycles. The average Bonchev–Trinajstić information content (AvgIpc) is 2.71. The first-order valence-electron chi connectivity index (χ1n) is 8.17. The molecule has 0 fully saturated rings. The number of hydrogen-bond acceptors (Lipinski definition) is 0. The third-order valence-electron chi connectivity index (χ3n) is 3.75. The molecule has 0 aliphatic carbocycles. The molecule has 0 amide bonds. The summed E-state index contributed by atoms with van der Waals surface area (Å²) in [5.41, 5.74) is 4.86. The molecule has 0 aliphatic rings. The van der Waals surface area contributed by atoms with Crippen LogP contribution in [0.3, 0.4) is 0 Å². The van der Waals surface area contributed by atoms with Crippen LogP contribution in [0, 0.1) is 6.07 Å². The Labute approximate surface area is 176 Å². The van der Waals surface area contributed by atoms with E-state index in [-0.39, 0.29) is 18.9 Å². The molecule has 4 aromatic carbocycles. The maximum absolute atomic E-state index is 3.53. The molecule has 0 aromatic heterocycles. The van der Waals surface area contributed by atoms with Crippen LogP contribution in [-0.2, 0) is 0 Å². The van der Waals surface area contributed by atoms with Gasteiger partial charge in [0.2, 0.25) is 0 Å². The van der Waals surface area contributed by atoms with Gasteiger partial charge in [0.1, 0.15) is 0 Å². The van der Waals surface area contributed by atoms with E-state index in [4.69, 9.17) is 0 Å². The molecule has 0 bridgehead atoms. The summed E-state index contributed by atoms with van der Waals surface area (Å²) in [6.45, 7) is 0. The smallest absolute Gasteiger partial charge is 0.147 e. The van der Waals surface area contributed by atoms with Gasteiger partial charge in [0.15, 0.2) is 0 Å². The first kappa shape index (κ1) is 20.3. The molecule has 0 N–H and O–H groups in total. The van der Waals surface area contributed by atoms with Crippen LogP contribution in [0.4, 0.5) is 0 Å². The Balaban J connectivity index is 0.000000180. The van der Waals surface area contributed by atoms with E-state index in [2.05, 4.69) is 76.6 Å². The number of benzene rings is 4. The van der Waals surface area contributed by atoms with E-state index in [0.717, 1.165) is 10.0 Å². The van der Waals surface area contributed by atoms with E-state index < -0.39 is 0 Å². The minimum atomic E-state index is 0. The third-order valence-corrected chi connectivity index (χ3v) is 4.44. The molecule has 4 aromatic rings. The third kappa shape index (κ3) is 5.75.